The van der Waals surface area contributed by atoms with Crippen LogP contribution in [0.4, 0.5) is 0 Å². The van der Waals surface area contributed by atoms with Crippen LogP contribution in [-0.2, 0) is 23.8 Å². The normalized spacial score (nSPS) is 13.2. The summed E-state index contributed by atoms with van der Waals surface area (Å²) in [6.45, 7) is 7.41. The van der Waals surface area contributed by atoms with Gasteiger partial charge in [-0.2, -0.15) is 0 Å². The Morgan fingerprint density at radius 3 is 1.02 bits per heavy atom. The second-order valence-corrected chi connectivity index (χ2v) is 17.3. The minimum Gasteiger partial charge on any atom is -0.462 e. The third-order valence-corrected chi connectivity index (χ3v) is 11.0. The van der Waals surface area contributed by atoms with Gasteiger partial charge in [0.2, 0.25) is 0 Å². The molecule has 0 bridgehead atoms. The molecule has 0 aliphatic carbocycles. The number of carbonyl (C=O) groups is 2. The highest BCUT2D eigenvalue weighted by Crippen LogP contribution is 2.13. The first kappa shape index (κ1) is 62.3. The first-order chi connectivity index (χ1) is 32.6. The van der Waals surface area contributed by atoms with E-state index in [1.165, 1.54) is 57.8 Å². The van der Waals surface area contributed by atoms with Crippen molar-refractivity contribution in [2.24, 2.45) is 0 Å². The van der Waals surface area contributed by atoms with Gasteiger partial charge in [-0.3, -0.25) is 9.59 Å². The van der Waals surface area contributed by atoms with E-state index in [1.54, 1.807) is 0 Å². The van der Waals surface area contributed by atoms with Crippen molar-refractivity contribution in [3.63, 3.8) is 0 Å². The zero-order chi connectivity index (χ0) is 47.7. The third-order valence-electron chi connectivity index (χ3n) is 11.0. The van der Waals surface area contributed by atoms with Gasteiger partial charge in [-0.1, -0.05) is 213 Å². The molecule has 1 unspecified atom stereocenters. The zero-order valence-electron chi connectivity index (χ0n) is 42.9. The SMILES string of the molecule is CC/C=C\C/C=C\C/C=C\C/C=C\CCCCCCCCC(=O)OCC(COCCCCCC/C=C\C/C=C\C/C=C\CC)OC(=O)CCCCCCCCC/C=C\C/C=C\C/C=C\CC. The second kappa shape index (κ2) is 55.6. The van der Waals surface area contributed by atoms with E-state index in [-0.39, 0.29) is 25.2 Å². The molecule has 0 aromatic rings. The molecular weight excluding hydrogens is 813 g/mol. The van der Waals surface area contributed by atoms with Crippen LogP contribution in [0.3, 0.4) is 0 Å². The second-order valence-electron chi connectivity index (χ2n) is 17.3. The Bertz CT molecular complexity index is 1350. The summed E-state index contributed by atoms with van der Waals surface area (Å²) in [6.07, 6.45) is 77.8. The molecule has 0 aliphatic heterocycles. The number of hydrogen-bond donors (Lipinski definition) is 0. The molecular formula is C61H100O5. The maximum Gasteiger partial charge on any atom is 0.306 e. The molecule has 374 valence electrons. The van der Waals surface area contributed by atoms with Gasteiger partial charge in [0.25, 0.3) is 0 Å². The fraction of sp³-hybridized carbons (Fsp3) is 0.639. The van der Waals surface area contributed by atoms with Crippen molar-refractivity contribution < 1.29 is 23.8 Å². The van der Waals surface area contributed by atoms with E-state index in [2.05, 4.69) is 142 Å². The average Bonchev–Trinajstić information content (AvgIpc) is 3.32. The Morgan fingerprint density at radius 2 is 0.636 bits per heavy atom. The van der Waals surface area contributed by atoms with Crippen molar-refractivity contribution in [3.05, 3.63) is 122 Å². The number of carbonyl (C=O) groups excluding carboxylic acids is 2. The van der Waals surface area contributed by atoms with Crippen LogP contribution in [0.1, 0.15) is 226 Å². The summed E-state index contributed by atoms with van der Waals surface area (Å²) < 4.78 is 17.4. The summed E-state index contributed by atoms with van der Waals surface area (Å²) in [6, 6.07) is 0. The Balaban J connectivity index is 4.36. The van der Waals surface area contributed by atoms with E-state index in [9.17, 15) is 9.59 Å². The number of ether oxygens (including phenoxy) is 3. The van der Waals surface area contributed by atoms with E-state index >= 15 is 0 Å². The minimum absolute atomic E-state index is 0.0569. The van der Waals surface area contributed by atoms with Crippen molar-refractivity contribution in [2.75, 3.05) is 19.8 Å². The van der Waals surface area contributed by atoms with E-state index in [0.29, 0.717) is 19.4 Å². The van der Waals surface area contributed by atoms with Gasteiger partial charge in [0, 0.05) is 19.4 Å². The van der Waals surface area contributed by atoms with Gasteiger partial charge in [-0.25, -0.2) is 0 Å². The average molecular weight is 913 g/mol. The summed E-state index contributed by atoms with van der Waals surface area (Å²) in [5, 5.41) is 0. The molecule has 0 saturated heterocycles. The minimum atomic E-state index is -0.568. The van der Waals surface area contributed by atoms with Gasteiger partial charge in [-0.15, -0.1) is 0 Å². The predicted molar refractivity (Wildman–Crippen MR) is 288 cm³/mol. The van der Waals surface area contributed by atoms with Crippen molar-refractivity contribution in [1.29, 1.82) is 0 Å². The Kier molecular flexibility index (Phi) is 52.5. The molecule has 0 aliphatic rings. The lowest BCUT2D eigenvalue weighted by atomic mass is 10.1. The van der Waals surface area contributed by atoms with E-state index in [4.69, 9.17) is 14.2 Å². The molecule has 5 heteroatoms. The fourth-order valence-corrected chi connectivity index (χ4v) is 7.06. The maximum absolute atomic E-state index is 12.8. The van der Waals surface area contributed by atoms with Gasteiger partial charge in [0.15, 0.2) is 6.10 Å². The lowest BCUT2D eigenvalue weighted by Gasteiger charge is -2.18. The van der Waals surface area contributed by atoms with E-state index in [0.717, 1.165) is 135 Å². The topological polar surface area (TPSA) is 61.8 Å². The van der Waals surface area contributed by atoms with Gasteiger partial charge >= 0.3 is 11.9 Å². The van der Waals surface area contributed by atoms with Crippen LogP contribution in [0.15, 0.2) is 122 Å². The van der Waals surface area contributed by atoms with Gasteiger partial charge in [0.1, 0.15) is 6.61 Å². The van der Waals surface area contributed by atoms with Gasteiger partial charge in [-0.05, 0) is 122 Å². The molecule has 5 nitrogen and oxygen atoms in total. The molecule has 0 fully saturated rings. The Morgan fingerprint density at radius 1 is 0.333 bits per heavy atom. The highest BCUT2D eigenvalue weighted by molar-refractivity contribution is 5.70. The van der Waals surface area contributed by atoms with E-state index < -0.39 is 6.10 Å². The Hall–Kier alpha value is -3.70. The third kappa shape index (κ3) is 52.9. The molecule has 0 spiro atoms. The van der Waals surface area contributed by atoms with Crippen molar-refractivity contribution in [3.8, 4) is 0 Å². The van der Waals surface area contributed by atoms with Crippen molar-refractivity contribution >= 4 is 11.9 Å². The molecule has 0 rings (SSSR count). The predicted octanol–water partition coefficient (Wildman–Crippen LogP) is 18.6. The number of hydrogen-bond acceptors (Lipinski definition) is 5. The molecule has 0 N–H and O–H groups in total. The molecule has 66 heavy (non-hydrogen) atoms. The lowest BCUT2D eigenvalue weighted by Crippen LogP contribution is -2.30. The smallest absolute Gasteiger partial charge is 0.306 e. The summed E-state index contributed by atoms with van der Waals surface area (Å²) in [4.78, 5) is 25.5. The van der Waals surface area contributed by atoms with Crippen molar-refractivity contribution in [1.82, 2.24) is 0 Å². The highest BCUT2D eigenvalue weighted by atomic mass is 16.6. The summed E-state index contributed by atoms with van der Waals surface area (Å²) in [7, 11) is 0. The molecule has 0 radical (unpaired) electrons. The largest absolute Gasteiger partial charge is 0.462 e. The van der Waals surface area contributed by atoms with E-state index in [1.807, 2.05) is 0 Å². The summed E-state index contributed by atoms with van der Waals surface area (Å²) >= 11 is 0. The van der Waals surface area contributed by atoms with Crippen LogP contribution >= 0.6 is 0 Å². The van der Waals surface area contributed by atoms with Gasteiger partial charge < -0.3 is 14.2 Å². The Labute approximate surface area is 407 Å². The van der Waals surface area contributed by atoms with Crippen LogP contribution < -0.4 is 0 Å². The maximum atomic E-state index is 12.8. The standard InChI is InChI=1S/C61H100O5/c1-4-7-10-13-16-19-22-25-28-30-31-33-34-36-39-42-45-48-51-54-60(62)65-58-59(57-64-56-53-50-47-44-41-38-27-24-21-18-15-12-9-6-3)66-61(63)55-52-49-46-43-40-37-35-32-29-26-23-20-17-14-11-8-5-2/h7-12,16-21,25-29,31,33,38,59H,4-6,13-15,22-24,30,32,34-37,39-58H2,1-3H3/b10-7-,11-8-,12-9-,19-16-,20-17-,21-18-,28-25-,29-26-,33-31-,38-27-. The lowest BCUT2D eigenvalue weighted by molar-refractivity contribution is -0.163. The van der Waals surface area contributed by atoms with Crippen LogP contribution in [0.25, 0.3) is 0 Å². The number of allylic oxidation sites excluding steroid dienone is 20. The first-order valence-electron chi connectivity index (χ1n) is 27.1. The number of esters is 2. The summed E-state index contributed by atoms with van der Waals surface area (Å²) in [5.74, 6) is -0.443. The van der Waals surface area contributed by atoms with Gasteiger partial charge in [0.05, 0.1) is 6.61 Å². The number of rotatable bonds is 48. The highest BCUT2D eigenvalue weighted by Gasteiger charge is 2.17. The van der Waals surface area contributed by atoms with Crippen LogP contribution in [0.2, 0.25) is 0 Å². The zero-order valence-corrected chi connectivity index (χ0v) is 42.9. The van der Waals surface area contributed by atoms with Crippen LogP contribution in [0.5, 0.6) is 0 Å². The summed E-state index contributed by atoms with van der Waals surface area (Å²) in [5.41, 5.74) is 0. The first-order valence-corrected chi connectivity index (χ1v) is 27.1. The molecule has 1 atom stereocenters. The fourth-order valence-electron chi connectivity index (χ4n) is 7.06. The molecule has 0 aromatic carbocycles. The number of unbranched alkanes of at least 4 members (excludes halogenated alkanes) is 17. The van der Waals surface area contributed by atoms with Crippen LogP contribution in [0, 0.1) is 0 Å². The van der Waals surface area contributed by atoms with Crippen LogP contribution in [-0.4, -0.2) is 37.9 Å². The molecule has 0 amide bonds. The molecule has 0 heterocycles. The molecule has 0 aromatic heterocycles. The van der Waals surface area contributed by atoms with Crippen molar-refractivity contribution in [2.45, 2.75) is 232 Å². The molecule has 0 saturated carbocycles. The monoisotopic (exact) mass is 913 g/mol. The quantitative estimate of drug-likeness (QED) is 0.0346.